The van der Waals surface area contributed by atoms with Crippen molar-refractivity contribution in [3.63, 3.8) is 0 Å². The Bertz CT molecular complexity index is 291. The molecule has 1 atom stereocenters. The van der Waals surface area contributed by atoms with Gasteiger partial charge in [-0.15, -0.1) is 12.4 Å². The van der Waals surface area contributed by atoms with E-state index in [1.165, 1.54) is 5.69 Å². The first-order chi connectivity index (χ1) is 7.79. The highest BCUT2D eigenvalue weighted by atomic mass is 35.5. The Morgan fingerprint density at radius 2 is 2.24 bits per heavy atom. The summed E-state index contributed by atoms with van der Waals surface area (Å²) in [6, 6.07) is 2.52. The molecule has 1 aromatic heterocycles. The normalized spacial score (nSPS) is 12.2. The summed E-state index contributed by atoms with van der Waals surface area (Å²) in [6.07, 6.45) is 4.85. The lowest BCUT2D eigenvalue weighted by atomic mass is 10.2. The third kappa shape index (κ3) is 5.52. The second kappa shape index (κ2) is 9.45. The van der Waals surface area contributed by atoms with Crippen LogP contribution in [0, 0.1) is 0 Å². The summed E-state index contributed by atoms with van der Waals surface area (Å²) in [5, 5.41) is 16.4. The topological polar surface area (TPSA) is 50.1 Å². The molecule has 0 fully saturated rings. The molecule has 1 aromatic rings. The summed E-state index contributed by atoms with van der Waals surface area (Å²) in [7, 11) is 0. The van der Waals surface area contributed by atoms with Gasteiger partial charge in [-0.1, -0.05) is 6.92 Å². The van der Waals surface area contributed by atoms with E-state index in [0.717, 1.165) is 32.4 Å². The summed E-state index contributed by atoms with van der Waals surface area (Å²) in [4.78, 5) is 0. The van der Waals surface area contributed by atoms with Crippen LogP contribution in [0.3, 0.4) is 0 Å². The van der Waals surface area contributed by atoms with Gasteiger partial charge in [-0.3, -0.25) is 4.68 Å². The first-order valence-corrected chi connectivity index (χ1v) is 6.13. The zero-order valence-electron chi connectivity index (χ0n) is 10.7. The molecular formula is C12H24ClN3O. The van der Waals surface area contributed by atoms with Crippen molar-refractivity contribution >= 4 is 12.4 Å². The highest BCUT2D eigenvalue weighted by Crippen LogP contribution is 2.11. The standard InChI is InChI=1S/C12H23N3O.ClH/c1-3-11(2)15-12(6-8-14-15)10-13-7-4-5-9-16;/h6,8,11,13,16H,3-5,7,9-10H2,1-2H3;1H. The third-order valence-electron chi connectivity index (χ3n) is 2.83. The average Bonchev–Trinajstić information content (AvgIpc) is 2.76. The number of aliphatic hydroxyl groups is 1. The first kappa shape index (κ1) is 16.4. The summed E-state index contributed by atoms with van der Waals surface area (Å²) in [6.45, 7) is 6.45. The molecule has 0 saturated heterocycles. The minimum absolute atomic E-state index is 0. The van der Waals surface area contributed by atoms with Crippen LogP contribution in [0.25, 0.3) is 0 Å². The van der Waals surface area contributed by atoms with E-state index in [9.17, 15) is 0 Å². The molecule has 5 heteroatoms. The third-order valence-corrected chi connectivity index (χ3v) is 2.83. The molecule has 0 aliphatic heterocycles. The molecule has 0 amide bonds. The number of halogens is 1. The summed E-state index contributed by atoms with van der Waals surface area (Å²) >= 11 is 0. The maximum atomic E-state index is 8.66. The van der Waals surface area contributed by atoms with Gasteiger partial charge in [0.2, 0.25) is 0 Å². The average molecular weight is 262 g/mol. The van der Waals surface area contributed by atoms with Crippen LogP contribution in [0.4, 0.5) is 0 Å². The second-order valence-electron chi connectivity index (χ2n) is 4.13. The van der Waals surface area contributed by atoms with Crippen LogP contribution < -0.4 is 5.32 Å². The van der Waals surface area contributed by atoms with Crippen molar-refractivity contribution in [2.75, 3.05) is 13.2 Å². The van der Waals surface area contributed by atoms with Crippen molar-refractivity contribution in [3.05, 3.63) is 18.0 Å². The molecule has 0 radical (unpaired) electrons. The fourth-order valence-corrected chi connectivity index (χ4v) is 1.63. The number of aliphatic hydroxyl groups excluding tert-OH is 1. The van der Waals surface area contributed by atoms with Gasteiger partial charge in [0.1, 0.15) is 0 Å². The minimum Gasteiger partial charge on any atom is -0.396 e. The Kier molecular flexibility index (Phi) is 9.13. The molecule has 0 aliphatic carbocycles. The number of aromatic nitrogens is 2. The van der Waals surface area contributed by atoms with Gasteiger partial charge in [-0.05, 0) is 38.8 Å². The SMILES string of the molecule is CCC(C)n1nccc1CNCCCCO.Cl. The fourth-order valence-electron chi connectivity index (χ4n) is 1.63. The largest absolute Gasteiger partial charge is 0.396 e. The van der Waals surface area contributed by atoms with Crippen molar-refractivity contribution < 1.29 is 5.11 Å². The molecule has 100 valence electrons. The Morgan fingerprint density at radius 3 is 2.88 bits per heavy atom. The summed E-state index contributed by atoms with van der Waals surface area (Å²) < 4.78 is 2.08. The Hall–Kier alpha value is -0.580. The maximum absolute atomic E-state index is 8.66. The molecule has 1 heterocycles. The quantitative estimate of drug-likeness (QED) is 0.705. The fraction of sp³-hybridized carbons (Fsp3) is 0.750. The van der Waals surface area contributed by atoms with Crippen LogP contribution >= 0.6 is 12.4 Å². The van der Waals surface area contributed by atoms with E-state index in [1.807, 2.05) is 6.20 Å². The molecule has 1 rings (SSSR count). The van der Waals surface area contributed by atoms with Crippen LogP contribution in [0.1, 0.15) is 44.8 Å². The van der Waals surface area contributed by atoms with Gasteiger partial charge in [0, 0.05) is 25.4 Å². The van der Waals surface area contributed by atoms with Crippen LogP contribution in [-0.4, -0.2) is 28.0 Å². The summed E-state index contributed by atoms with van der Waals surface area (Å²) in [5.41, 5.74) is 1.23. The van der Waals surface area contributed by atoms with E-state index in [4.69, 9.17) is 5.11 Å². The number of unbranched alkanes of at least 4 members (excludes halogenated alkanes) is 1. The lowest BCUT2D eigenvalue weighted by Gasteiger charge is -2.14. The van der Waals surface area contributed by atoms with E-state index < -0.39 is 0 Å². The number of nitrogens with zero attached hydrogens (tertiary/aromatic N) is 2. The lowest BCUT2D eigenvalue weighted by Crippen LogP contribution is -2.19. The van der Waals surface area contributed by atoms with Crippen molar-refractivity contribution in [2.45, 2.75) is 45.7 Å². The predicted molar refractivity (Wildman–Crippen MR) is 72.5 cm³/mol. The van der Waals surface area contributed by atoms with Gasteiger partial charge < -0.3 is 10.4 Å². The van der Waals surface area contributed by atoms with Gasteiger partial charge in [0.15, 0.2) is 0 Å². The molecular weight excluding hydrogens is 238 g/mol. The number of hydrogen-bond donors (Lipinski definition) is 2. The van der Waals surface area contributed by atoms with E-state index in [1.54, 1.807) is 0 Å². The smallest absolute Gasteiger partial charge is 0.0525 e. The van der Waals surface area contributed by atoms with E-state index in [2.05, 4.69) is 35.0 Å². The van der Waals surface area contributed by atoms with Gasteiger partial charge in [0.05, 0.1) is 5.69 Å². The van der Waals surface area contributed by atoms with Crippen molar-refractivity contribution in [2.24, 2.45) is 0 Å². The molecule has 0 spiro atoms. The van der Waals surface area contributed by atoms with Crippen LogP contribution in [-0.2, 0) is 6.54 Å². The number of rotatable bonds is 8. The van der Waals surface area contributed by atoms with Crippen molar-refractivity contribution in [1.29, 1.82) is 0 Å². The van der Waals surface area contributed by atoms with E-state index in [0.29, 0.717) is 6.04 Å². The van der Waals surface area contributed by atoms with Crippen LogP contribution in [0.2, 0.25) is 0 Å². The Labute approximate surface area is 110 Å². The molecule has 0 bridgehead atoms. The highest BCUT2D eigenvalue weighted by Gasteiger charge is 2.07. The van der Waals surface area contributed by atoms with E-state index in [-0.39, 0.29) is 19.0 Å². The molecule has 0 aromatic carbocycles. The van der Waals surface area contributed by atoms with Crippen molar-refractivity contribution in [3.8, 4) is 0 Å². The summed E-state index contributed by atoms with van der Waals surface area (Å²) in [5.74, 6) is 0. The number of nitrogens with one attached hydrogen (secondary N) is 1. The predicted octanol–water partition coefficient (Wildman–Crippen LogP) is 2.14. The van der Waals surface area contributed by atoms with Crippen LogP contribution in [0.15, 0.2) is 12.3 Å². The number of hydrogen-bond acceptors (Lipinski definition) is 3. The van der Waals surface area contributed by atoms with Gasteiger partial charge >= 0.3 is 0 Å². The molecule has 17 heavy (non-hydrogen) atoms. The Morgan fingerprint density at radius 1 is 1.47 bits per heavy atom. The maximum Gasteiger partial charge on any atom is 0.0525 e. The van der Waals surface area contributed by atoms with Gasteiger partial charge in [0.25, 0.3) is 0 Å². The van der Waals surface area contributed by atoms with Gasteiger partial charge in [-0.25, -0.2) is 0 Å². The highest BCUT2D eigenvalue weighted by molar-refractivity contribution is 5.85. The molecule has 0 saturated carbocycles. The zero-order valence-corrected chi connectivity index (χ0v) is 11.5. The molecule has 0 aliphatic rings. The lowest BCUT2D eigenvalue weighted by molar-refractivity contribution is 0.283. The molecule has 1 unspecified atom stereocenters. The zero-order chi connectivity index (χ0) is 11.8. The van der Waals surface area contributed by atoms with Crippen LogP contribution in [0.5, 0.6) is 0 Å². The molecule has 2 N–H and O–H groups in total. The van der Waals surface area contributed by atoms with Crippen molar-refractivity contribution in [1.82, 2.24) is 15.1 Å². The Balaban J connectivity index is 0.00000256. The monoisotopic (exact) mass is 261 g/mol. The van der Waals surface area contributed by atoms with Gasteiger partial charge in [-0.2, -0.15) is 5.10 Å². The first-order valence-electron chi connectivity index (χ1n) is 6.13. The molecule has 4 nitrogen and oxygen atoms in total. The van der Waals surface area contributed by atoms with E-state index >= 15 is 0 Å². The minimum atomic E-state index is 0. The second-order valence-corrected chi connectivity index (χ2v) is 4.13.